The Balaban J connectivity index is 2.17. The second-order valence-electron chi connectivity index (χ2n) is 6.81. The zero-order valence-corrected chi connectivity index (χ0v) is 14.2. The minimum Gasteiger partial charge on any atom is -0.480 e. The fourth-order valence-electron chi connectivity index (χ4n) is 2.49. The molecule has 0 saturated carbocycles. The van der Waals surface area contributed by atoms with Crippen LogP contribution in [0.25, 0.3) is 16.2 Å². The van der Waals surface area contributed by atoms with Gasteiger partial charge in [-0.05, 0) is 43.9 Å². The molecule has 2 aromatic rings. The number of rotatable bonds is 6. The van der Waals surface area contributed by atoms with Gasteiger partial charge >= 0.3 is 5.88 Å². The van der Waals surface area contributed by atoms with E-state index in [0.29, 0.717) is 18.1 Å². The third-order valence-corrected chi connectivity index (χ3v) is 4.24. The number of ketones is 1. The monoisotopic (exact) mass is 309 g/mol. The van der Waals surface area contributed by atoms with E-state index in [2.05, 4.69) is 18.7 Å². The Bertz CT molecular complexity index is 715. The molecule has 0 spiro atoms. The number of benzene rings is 1. The van der Waals surface area contributed by atoms with Crippen LogP contribution in [-0.2, 0) is 10.2 Å². The van der Waals surface area contributed by atoms with Crippen LogP contribution in [-0.4, -0.2) is 5.78 Å². The first kappa shape index (κ1) is 17.0. The highest BCUT2D eigenvalue weighted by atomic mass is 16.4. The molecule has 0 radical (unpaired) electrons. The van der Waals surface area contributed by atoms with E-state index >= 15 is 0 Å². The van der Waals surface area contributed by atoms with Gasteiger partial charge in [0.2, 0.25) is 0 Å². The Morgan fingerprint density at radius 3 is 2.35 bits per heavy atom. The van der Waals surface area contributed by atoms with Gasteiger partial charge in [0.15, 0.2) is 0 Å². The van der Waals surface area contributed by atoms with Crippen molar-refractivity contribution in [1.82, 2.24) is 0 Å². The summed E-state index contributed by atoms with van der Waals surface area (Å²) in [6.07, 6.45) is 1.53. The van der Waals surface area contributed by atoms with E-state index in [1.807, 2.05) is 38.1 Å². The van der Waals surface area contributed by atoms with Gasteiger partial charge in [0.05, 0.1) is 6.57 Å². The summed E-state index contributed by atoms with van der Waals surface area (Å²) in [7, 11) is 0. The van der Waals surface area contributed by atoms with Crippen LogP contribution in [0, 0.1) is 12.5 Å². The van der Waals surface area contributed by atoms with Crippen LogP contribution >= 0.6 is 0 Å². The van der Waals surface area contributed by atoms with Crippen molar-refractivity contribution < 1.29 is 9.21 Å². The Labute approximate surface area is 138 Å². The van der Waals surface area contributed by atoms with Gasteiger partial charge in [-0.15, -0.1) is 0 Å². The first-order chi connectivity index (χ1) is 10.8. The topological polar surface area (TPSA) is 34.6 Å². The van der Waals surface area contributed by atoms with E-state index in [4.69, 9.17) is 11.0 Å². The summed E-state index contributed by atoms with van der Waals surface area (Å²) in [5, 5.41) is 0. The lowest BCUT2D eigenvalue weighted by Crippen LogP contribution is -2.29. The van der Waals surface area contributed by atoms with Gasteiger partial charge in [0, 0.05) is 17.4 Å². The smallest absolute Gasteiger partial charge is 0.346 e. The molecule has 0 aliphatic rings. The van der Waals surface area contributed by atoms with Crippen molar-refractivity contribution >= 4 is 11.7 Å². The van der Waals surface area contributed by atoms with E-state index in [1.165, 1.54) is 0 Å². The Hall–Kier alpha value is -2.34. The fraction of sp³-hybridized carbons (Fsp3) is 0.400. The largest absolute Gasteiger partial charge is 0.480 e. The molecule has 0 aliphatic heterocycles. The maximum absolute atomic E-state index is 12.5. The molecule has 1 aromatic heterocycles. The molecule has 0 fully saturated rings. The van der Waals surface area contributed by atoms with Gasteiger partial charge in [0.1, 0.15) is 11.5 Å². The summed E-state index contributed by atoms with van der Waals surface area (Å²) >= 11 is 0. The van der Waals surface area contributed by atoms with Crippen molar-refractivity contribution in [3.63, 3.8) is 0 Å². The lowest BCUT2D eigenvalue weighted by molar-refractivity contribution is -0.123. The summed E-state index contributed by atoms with van der Waals surface area (Å²) in [6, 6.07) is 11.3. The normalized spacial score (nSPS) is 11.5. The lowest BCUT2D eigenvalue weighted by atomic mass is 9.78. The number of nitrogens with zero attached hydrogens (tertiary/aromatic N) is 1. The minimum absolute atomic E-state index is 0.271. The van der Waals surface area contributed by atoms with Crippen molar-refractivity contribution in [3.05, 3.63) is 53.4 Å². The number of carbonyl (C=O) groups is 1. The number of carbonyl (C=O) groups excluding carboxylic acids is 1. The van der Waals surface area contributed by atoms with Crippen molar-refractivity contribution in [1.29, 1.82) is 0 Å². The van der Waals surface area contributed by atoms with E-state index in [-0.39, 0.29) is 11.7 Å². The molecule has 1 heterocycles. The van der Waals surface area contributed by atoms with E-state index in [0.717, 1.165) is 17.5 Å². The van der Waals surface area contributed by atoms with E-state index < -0.39 is 5.41 Å². The molecule has 120 valence electrons. The zero-order valence-electron chi connectivity index (χ0n) is 14.2. The summed E-state index contributed by atoms with van der Waals surface area (Å²) < 4.78 is 5.44. The third kappa shape index (κ3) is 3.90. The summed E-state index contributed by atoms with van der Waals surface area (Å²) in [6.45, 7) is 15.2. The van der Waals surface area contributed by atoms with Gasteiger partial charge < -0.3 is 4.42 Å². The molecule has 1 aromatic carbocycles. The molecule has 2 rings (SSSR count). The molecule has 3 heteroatoms. The van der Waals surface area contributed by atoms with Crippen LogP contribution in [0.3, 0.4) is 0 Å². The molecule has 0 amide bonds. The molecular formula is C20H23NO2. The first-order valence-electron chi connectivity index (χ1n) is 7.96. The third-order valence-electron chi connectivity index (χ3n) is 4.24. The van der Waals surface area contributed by atoms with Crippen molar-refractivity contribution in [2.75, 3.05) is 0 Å². The highest BCUT2D eigenvalue weighted by Gasteiger charge is 2.29. The summed E-state index contributed by atoms with van der Waals surface area (Å²) in [5.41, 5.74) is 1.43. The Kier molecular flexibility index (Phi) is 5.05. The molecule has 0 aliphatic carbocycles. The SMILES string of the molecule is [C-]#[N+]c1ccc(-c2ccc(C(C)(C)C(=O)CCC(C)C)cc2)o1. The van der Waals surface area contributed by atoms with Gasteiger partial charge in [-0.3, -0.25) is 4.79 Å². The molecule has 0 atom stereocenters. The van der Waals surface area contributed by atoms with E-state index in [1.54, 1.807) is 12.1 Å². The average Bonchev–Trinajstić information content (AvgIpc) is 3.01. The predicted octanol–water partition coefficient (Wildman–Crippen LogP) is 5.78. The lowest BCUT2D eigenvalue weighted by Gasteiger charge is -2.24. The number of hydrogen-bond donors (Lipinski definition) is 0. The van der Waals surface area contributed by atoms with Crippen molar-refractivity contribution in [2.45, 2.75) is 46.0 Å². The maximum atomic E-state index is 12.5. The zero-order chi connectivity index (χ0) is 17.0. The second kappa shape index (κ2) is 6.83. The summed E-state index contributed by atoms with van der Waals surface area (Å²) in [5.74, 6) is 1.76. The molecule has 23 heavy (non-hydrogen) atoms. The maximum Gasteiger partial charge on any atom is 0.346 e. The quantitative estimate of drug-likeness (QED) is 0.634. The second-order valence-corrected chi connectivity index (χ2v) is 6.81. The molecule has 3 nitrogen and oxygen atoms in total. The molecule has 0 N–H and O–H groups in total. The van der Waals surface area contributed by atoms with Crippen LogP contribution in [0.2, 0.25) is 0 Å². The number of hydrogen-bond acceptors (Lipinski definition) is 2. The summed E-state index contributed by atoms with van der Waals surface area (Å²) in [4.78, 5) is 15.8. The first-order valence-corrected chi connectivity index (χ1v) is 7.96. The number of Topliss-reactive ketones (excluding diaryl/α,β-unsaturated/α-hetero) is 1. The van der Waals surface area contributed by atoms with Gasteiger partial charge in [-0.25, -0.2) is 0 Å². The van der Waals surface area contributed by atoms with Crippen molar-refractivity contribution in [3.8, 4) is 11.3 Å². The highest BCUT2D eigenvalue weighted by Crippen LogP contribution is 2.31. The van der Waals surface area contributed by atoms with Crippen LogP contribution in [0.4, 0.5) is 5.88 Å². The van der Waals surface area contributed by atoms with Crippen LogP contribution < -0.4 is 0 Å². The fourth-order valence-corrected chi connectivity index (χ4v) is 2.49. The Morgan fingerprint density at radius 1 is 1.17 bits per heavy atom. The molecule has 0 unspecified atom stereocenters. The highest BCUT2D eigenvalue weighted by molar-refractivity contribution is 5.89. The van der Waals surface area contributed by atoms with Crippen molar-refractivity contribution in [2.24, 2.45) is 5.92 Å². The standard InChI is InChI=1S/C20H23NO2/c1-14(2)6-12-18(22)20(3,4)16-9-7-15(8-10-16)17-11-13-19(21-5)23-17/h7-11,13-14H,6,12H2,1-4H3. The van der Waals surface area contributed by atoms with Crippen LogP contribution in [0.15, 0.2) is 40.8 Å². The van der Waals surface area contributed by atoms with Gasteiger partial charge in [-0.1, -0.05) is 38.1 Å². The average molecular weight is 309 g/mol. The molecule has 0 saturated heterocycles. The number of furan rings is 1. The van der Waals surface area contributed by atoms with E-state index in [9.17, 15) is 4.79 Å². The predicted molar refractivity (Wildman–Crippen MR) is 92.5 cm³/mol. The van der Waals surface area contributed by atoms with Gasteiger partial charge in [0.25, 0.3) is 0 Å². The molecule has 0 bridgehead atoms. The molecular weight excluding hydrogens is 286 g/mol. The van der Waals surface area contributed by atoms with Crippen LogP contribution in [0.1, 0.15) is 46.1 Å². The van der Waals surface area contributed by atoms with Crippen LogP contribution in [0.5, 0.6) is 0 Å². The van der Waals surface area contributed by atoms with Gasteiger partial charge in [-0.2, -0.15) is 4.85 Å². The minimum atomic E-state index is -0.488. The Morgan fingerprint density at radius 2 is 1.83 bits per heavy atom.